The largest absolute Gasteiger partial charge is 0.494 e. The first-order chi connectivity index (χ1) is 9.86. The quantitative estimate of drug-likeness (QED) is 0.339. The predicted molar refractivity (Wildman–Crippen MR) is 88.4 cm³/mol. The van der Waals surface area contributed by atoms with Gasteiger partial charge in [-0.05, 0) is 49.8 Å². The van der Waals surface area contributed by atoms with Gasteiger partial charge < -0.3 is 4.74 Å². The second-order valence-electron chi connectivity index (χ2n) is 5.44. The summed E-state index contributed by atoms with van der Waals surface area (Å²) in [5.74, 6) is 1.01. The number of allylic oxidation sites excluding steroid dienone is 1. The lowest BCUT2D eigenvalue weighted by Gasteiger charge is -2.06. The molecule has 0 spiro atoms. The van der Waals surface area contributed by atoms with Crippen molar-refractivity contribution in [2.24, 2.45) is 0 Å². The summed E-state index contributed by atoms with van der Waals surface area (Å²) in [7, 11) is 0. The Morgan fingerprint density at radius 2 is 1.65 bits per heavy atom. The molecule has 112 valence electrons. The van der Waals surface area contributed by atoms with Gasteiger partial charge in [-0.1, -0.05) is 50.8 Å². The summed E-state index contributed by atoms with van der Waals surface area (Å²) in [6, 6.07) is 8.63. The fourth-order valence-corrected chi connectivity index (χ4v) is 2.23. The van der Waals surface area contributed by atoms with Gasteiger partial charge in [0.15, 0.2) is 0 Å². The van der Waals surface area contributed by atoms with Crippen LogP contribution in [0.2, 0.25) is 0 Å². The van der Waals surface area contributed by atoms with Gasteiger partial charge in [0.05, 0.1) is 6.61 Å². The predicted octanol–water partition coefficient (Wildman–Crippen LogP) is 5.93. The summed E-state index contributed by atoms with van der Waals surface area (Å²) in [6.45, 7) is 6.77. The molecule has 0 bridgehead atoms. The number of rotatable bonds is 12. The molecule has 1 heteroatoms. The van der Waals surface area contributed by atoms with Crippen molar-refractivity contribution in [3.63, 3.8) is 0 Å². The van der Waals surface area contributed by atoms with Crippen molar-refractivity contribution in [1.29, 1.82) is 0 Å². The molecule has 1 aromatic carbocycles. The minimum atomic E-state index is 0.834. The Labute approximate surface area is 125 Å². The highest BCUT2D eigenvalue weighted by Crippen LogP contribution is 2.15. The van der Waals surface area contributed by atoms with Crippen LogP contribution in [-0.2, 0) is 6.42 Å². The van der Waals surface area contributed by atoms with Crippen LogP contribution >= 0.6 is 0 Å². The van der Waals surface area contributed by atoms with Crippen molar-refractivity contribution in [3.05, 3.63) is 42.5 Å². The van der Waals surface area contributed by atoms with E-state index in [1.807, 2.05) is 6.08 Å². The summed E-state index contributed by atoms with van der Waals surface area (Å²) in [4.78, 5) is 0. The van der Waals surface area contributed by atoms with E-state index in [2.05, 4.69) is 37.8 Å². The number of ether oxygens (including phenoxy) is 1. The zero-order valence-corrected chi connectivity index (χ0v) is 13.1. The minimum Gasteiger partial charge on any atom is -0.494 e. The van der Waals surface area contributed by atoms with Crippen LogP contribution in [0.15, 0.2) is 36.9 Å². The highest BCUT2D eigenvalue weighted by molar-refractivity contribution is 5.27. The van der Waals surface area contributed by atoms with Crippen molar-refractivity contribution < 1.29 is 4.74 Å². The lowest BCUT2D eigenvalue weighted by molar-refractivity contribution is 0.309. The molecular formula is C19H30O. The van der Waals surface area contributed by atoms with Gasteiger partial charge in [-0.3, -0.25) is 0 Å². The Balaban J connectivity index is 2.10. The number of hydrogen-bond donors (Lipinski definition) is 0. The highest BCUT2D eigenvalue weighted by atomic mass is 16.5. The smallest absolute Gasteiger partial charge is 0.119 e. The van der Waals surface area contributed by atoms with Crippen LogP contribution in [0.1, 0.15) is 63.9 Å². The fraction of sp³-hybridized carbons (Fsp3) is 0.579. The lowest BCUT2D eigenvalue weighted by Crippen LogP contribution is -1.96. The van der Waals surface area contributed by atoms with Gasteiger partial charge in [-0.25, -0.2) is 0 Å². The van der Waals surface area contributed by atoms with E-state index < -0.39 is 0 Å². The van der Waals surface area contributed by atoms with E-state index in [1.54, 1.807) is 0 Å². The van der Waals surface area contributed by atoms with Crippen LogP contribution < -0.4 is 4.74 Å². The Morgan fingerprint density at radius 3 is 2.35 bits per heavy atom. The van der Waals surface area contributed by atoms with Gasteiger partial charge in [0.25, 0.3) is 0 Å². The SMILES string of the molecule is C=CCCCCCCCc1ccc(OCCCC)cc1. The van der Waals surface area contributed by atoms with Crippen LogP contribution in [0.25, 0.3) is 0 Å². The maximum atomic E-state index is 5.67. The Bertz CT molecular complexity index is 339. The second kappa shape index (κ2) is 11.6. The number of aryl methyl sites for hydroxylation is 1. The molecular weight excluding hydrogens is 244 g/mol. The van der Waals surface area contributed by atoms with Gasteiger partial charge in [-0.2, -0.15) is 0 Å². The van der Waals surface area contributed by atoms with Gasteiger partial charge >= 0.3 is 0 Å². The summed E-state index contributed by atoms with van der Waals surface area (Å²) in [5.41, 5.74) is 1.43. The topological polar surface area (TPSA) is 9.23 Å². The molecule has 0 atom stereocenters. The maximum Gasteiger partial charge on any atom is 0.119 e. The first kappa shape index (κ1) is 16.8. The zero-order valence-electron chi connectivity index (χ0n) is 13.1. The standard InChI is InChI=1S/C19H30O/c1-3-5-7-8-9-10-11-12-18-13-15-19(16-14-18)20-17-6-4-2/h3,13-16H,1,4-12,17H2,2H3. The summed E-state index contributed by atoms with van der Waals surface area (Å²) < 4.78 is 5.67. The molecule has 0 aromatic heterocycles. The van der Waals surface area contributed by atoms with E-state index in [4.69, 9.17) is 4.74 Å². The van der Waals surface area contributed by atoms with Gasteiger partial charge in [0, 0.05) is 0 Å². The number of benzene rings is 1. The van der Waals surface area contributed by atoms with Crippen LogP contribution in [0.5, 0.6) is 5.75 Å². The summed E-state index contributed by atoms with van der Waals surface area (Å²) in [5, 5.41) is 0. The molecule has 1 rings (SSSR count). The Kier molecular flexibility index (Phi) is 9.73. The molecule has 0 saturated carbocycles. The van der Waals surface area contributed by atoms with Crippen molar-refractivity contribution in [1.82, 2.24) is 0 Å². The van der Waals surface area contributed by atoms with E-state index in [-0.39, 0.29) is 0 Å². The molecule has 1 nitrogen and oxygen atoms in total. The normalized spacial score (nSPS) is 10.4. The molecule has 0 aliphatic rings. The molecule has 0 saturated heterocycles. The zero-order chi connectivity index (χ0) is 14.5. The second-order valence-corrected chi connectivity index (χ2v) is 5.44. The molecule has 0 unspecified atom stereocenters. The van der Waals surface area contributed by atoms with Gasteiger partial charge in [-0.15, -0.1) is 6.58 Å². The molecule has 1 aromatic rings. The van der Waals surface area contributed by atoms with Crippen molar-refractivity contribution in [3.8, 4) is 5.75 Å². The fourth-order valence-electron chi connectivity index (χ4n) is 2.23. The van der Waals surface area contributed by atoms with E-state index >= 15 is 0 Å². The average Bonchev–Trinajstić information content (AvgIpc) is 2.48. The van der Waals surface area contributed by atoms with Crippen LogP contribution in [0.3, 0.4) is 0 Å². The molecule has 0 aliphatic carbocycles. The van der Waals surface area contributed by atoms with Crippen LogP contribution in [0, 0.1) is 0 Å². The third kappa shape index (κ3) is 8.04. The molecule has 20 heavy (non-hydrogen) atoms. The molecule has 0 aliphatic heterocycles. The summed E-state index contributed by atoms with van der Waals surface area (Å²) in [6.07, 6.45) is 13.3. The van der Waals surface area contributed by atoms with Crippen LogP contribution in [-0.4, -0.2) is 6.61 Å². The van der Waals surface area contributed by atoms with E-state index in [9.17, 15) is 0 Å². The number of hydrogen-bond acceptors (Lipinski definition) is 1. The third-order valence-corrected chi connectivity index (χ3v) is 3.56. The molecule has 0 N–H and O–H groups in total. The van der Waals surface area contributed by atoms with Crippen molar-refractivity contribution in [2.45, 2.75) is 64.7 Å². The van der Waals surface area contributed by atoms with E-state index in [0.717, 1.165) is 18.8 Å². The molecule has 0 heterocycles. The van der Waals surface area contributed by atoms with Gasteiger partial charge in [0.2, 0.25) is 0 Å². The molecule has 0 amide bonds. The van der Waals surface area contributed by atoms with E-state index in [1.165, 1.54) is 56.9 Å². The minimum absolute atomic E-state index is 0.834. The first-order valence-corrected chi connectivity index (χ1v) is 8.19. The Hall–Kier alpha value is -1.24. The molecule has 0 radical (unpaired) electrons. The lowest BCUT2D eigenvalue weighted by atomic mass is 10.0. The molecule has 0 fully saturated rings. The van der Waals surface area contributed by atoms with Crippen LogP contribution in [0.4, 0.5) is 0 Å². The van der Waals surface area contributed by atoms with E-state index in [0.29, 0.717) is 0 Å². The Morgan fingerprint density at radius 1 is 0.950 bits per heavy atom. The van der Waals surface area contributed by atoms with Crippen molar-refractivity contribution in [2.75, 3.05) is 6.61 Å². The highest BCUT2D eigenvalue weighted by Gasteiger charge is 1.96. The first-order valence-electron chi connectivity index (χ1n) is 8.19. The number of unbranched alkanes of at least 4 members (excludes halogenated alkanes) is 6. The van der Waals surface area contributed by atoms with Gasteiger partial charge in [0.1, 0.15) is 5.75 Å². The maximum absolute atomic E-state index is 5.67. The average molecular weight is 274 g/mol. The van der Waals surface area contributed by atoms with Crippen molar-refractivity contribution >= 4 is 0 Å². The third-order valence-electron chi connectivity index (χ3n) is 3.56. The summed E-state index contributed by atoms with van der Waals surface area (Å²) >= 11 is 0. The monoisotopic (exact) mass is 274 g/mol.